The average molecular weight is 362 g/mol. The predicted molar refractivity (Wildman–Crippen MR) is 89.6 cm³/mol. The van der Waals surface area contributed by atoms with Crippen LogP contribution in [0.3, 0.4) is 0 Å². The van der Waals surface area contributed by atoms with E-state index in [1.165, 1.54) is 0 Å². The molecule has 128 valence electrons. The summed E-state index contributed by atoms with van der Waals surface area (Å²) in [5.74, 6) is -1.01. The quantitative estimate of drug-likeness (QED) is 0.567. The van der Waals surface area contributed by atoms with E-state index in [0.29, 0.717) is 22.9 Å². The van der Waals surface area contributed by atoms with Gasteiger partial charge >= 0.3 is 11.9 Å². The van der Waals surface area contributed by atoms with E-state index < -0.39 is 11.9 Å². The lowest BCUT2D eigenvalue weighted by molar-refractivity contribution is -0.116. The maximum Gasteiger partial charge on any atom is 0.348 e. The van der Waals surface area contributed by atoms with Crippen LogP contribution in [0.5, 0.6) is 0 Å². The van der Waals surface area contributed by atoms with Gasteiger partial charge in [-0.15, -0.1) is 22.9 Å². The normalized spacial score (nSPS) is 10.3. The third kappa shape index (κ3) is 5.21. The number of ether oxygens (including phenoxy) is 2. The molecule has 0 radical (unpaired) electrons. The first-order chi connectivity index (χ1) is 11.0. The van der Waals surface area contributed by atoms with Gasteiger partial charge in [-0.05, 0) is 32.8 Å². The molecule has 8 heteroatoms. The summed E-state index contributed by atoms with van der Waals surface area (Å²) in [7, 11) is 0. The molecule has 1 heterocycles. The number of alkyl halides is 1. The zero-order chi connectivity index (χ0) is 17.4. The average Bonchev–Trinajstić information content (AvgIpc) is 2.82. The van der Waals surface area contributed by atoms with Crippen molar-refractivity contribution < 1.29 is 23.9 Å². The van der Waals surface area contributed by atoms with E-state index >= 15 is 0 Å². The van der Waals surface area contributed by atoms with Crippen LogP contribution in [-0.2, 0) is 14.3 Å². The summed E-state index contributed by atoms with van der Waals surface area (Å²) in [6.45, 7) is 5.43. The number of nitrogens with one attached hydrogen (secondary N) is 1. The SMILES string of the molecule is CCOC(=O)c1sc(NC(=O)CCCCl)c(C(=O)OCC)c1C. The van der Waals surface area contributed by atoms with E-state index in [1.54, 1.807) is 20.8 Å². The smallest absolute Gasteiger partial charge is 0.348 e. The number of carbonyl (C=O) groups excluding carboxylic acids is 3. The fourth-order valence-electron chi connectivity index (χ4n) is 1.86. The van der Waals surface area contributed by atoms with Crippen LogP contribution in [0.2, 0.25) is 0 Å². The lowest BCUT2D eigenvalue weighted by Crippen LogP contribution is -2.14. The van der Waals surface area contributed by atoms with Crippen molar-refractivity contribution >= 4 is 45.8 Å². The summed E-state index contributed by atoms with van der Waals surface area (Å²) < 4.78 is 9.98. The summed E-state index contributed by atoms with van der Waals surface area (Å²) in [5, 5.41) is 2.95. The number of rotatable bonds is 8. The van der Waals surface area contributed by atoms with Crippen molar-refractivity contribution in [1.82, 2.24) is 0 Å². The number of hydrogen-bond acceptors (Lipinski definition) is 6. The Kier molecular flexibility index (Phi) is 8.05. The van der Waals surface area contributed by atoms with Crippen molar-refractivity contribution in [3.63, 3.8) is 0 Å². The molecule has 0 aliphatic rings. The molecule has 1 amide bonds. The molecule has 1 aromatic rings. The van der Waals surface area contributed by atoms with Crippen LogP contribution in [0.25, 0.3) is 0 Å². The fourth-order valence-corrected chi connectivity index (χ4v) is 3.10. The highest BCUT2D eigenvalue weighted by Gasteiger charge is 2.27. The zero-order valence-corrected chi connectivity index (χ0v) is 14.9. The van der Waals surface area contributed by atoms with Gasteiger partial charge in [0.2, 0.25) is 5.91 Å². The molecule has 0 fully saturated rings. The van der Waals surface area contributed by atoms with Gasteiger partial charge in [0.15, 0.2) is 0 Å². The first kappa shape index (κ1) is 19.4. The monoisotopic (exact) mass is 361 g/mol. The van der Waals surface area contributed by atoms with Gasteiger partial charge < -0.3 is 14.8 Å². The Morgan fingerprint density at radius 1 is 1.13 bits per heavy atom. The van der Waals surface area contributed by atoms with Gasteiger partial charge in [-0.1, -0.05) is 0 Å². The minimum absolute atomic E-state index is 0.194. The first-order valence-electron chi connectivity index (χ1n) is 7.29. The molecule has 1 aromatic heterocycles. The van der Waals surface area contributed by atoms with Crippen molar-refractivity contribution in [3.8, 4) is 0 Å². The van der Waals surface area contributed by atoms with E-state index in [1.807, 2.05) is 0 Å². The Labute approximate surface area is 144 Å². The van der Waals surface area contributed by atoms with Crippen LogP contribution in [-0.4, -0.2) is 36.9 Å². The lowest BCUT2D eigenvalue weighted by atomic mass is 10.1. The molecule has 0 bridgehead atoms. The Balaban J connectivity index is 3.14. The molecule has 0 aliphatic carbocycles. The van der Waals surface area contributed by atoms with Crippen LogP contribution >= 0.6 is 22.9 Å². The molecule has 0 aliphatic heterocycles. The molecular formula is C15H20ClNO5S. The van der Waals surface area contributed by atoms with Crippen molar-refractivity contribution in [2.45, 2.75) is 33.6 Å². The molecular weight excluding hydrogens is 342 g/mol. The number of thiophene rings is 1. The molecule has 0 saturated heterocycles. The number of carbonyl (C=O) groups is 3. The van der Waals surface area contributed by atoms with Gasteiger partial charge in [-0.25, -0.2) is 9.59 Å². The summed E-state index contributed by atoms with van der Waals surface area (Å²) in [5.41, 5.74) is 0.638. The predicted octanol–water partition coefficient (Wildman–Crippen LogP) is 3.37. The summed E-state index contributed by atoms with van der Waals surface area (Å²) in [4.78, 5) is 36.3. The van der Waals surface area contributed by atoms with Crippen molar-refractivity contribution in [1.29, 1.82) is 0 Å². The number of anilines is 1. The van der Waals surface area contributed by atoms with Gasteiger partial charge in [0, 0.05) is 12.3 Å². The molecule has 23 heavy (non-hydrogen) atoms. The minimum Gasteiger partial charge on any atom is -0.462 e. The summed E-state index contributed by atoms with van der Waals surface area (Å²) >= 11 is 6.57. The number of amides is 1. The van der Waals surface area contributed by atoms with E-state index in [2.05, 4.69) is 5.32 Å². The minimum atomic E-state index is -0.579. The van der Waals surface area contributed by atoms with E-state index in [0.717, 1.165) is 11.3 Å². The highest BCUT2D eigenvalue weighted by Crippen LogP contribution is 2.34. The van der Waals surface area contributed by atoms with Crippen molar-refractivity contribution in [3.05, 3.63) is 16.0 Å². The Bertz CT molecular complexity index is 585. The van der Waals surface area contributed by atoms with Gasteiger partial charge in [0.25, 0.3) is 0 Å². The van der Waals surface area contributed by atoms with Crippen LogP contribution in [0.4, 0.5) is 5.00 Å². The van der Waals surface area contributed by atoms with E-state index in [-0.39, 0.29) is 36.0 Å². The Hall–Kier alpha value is -1.60. The van der Waals surface area contributed by atoms with Crippen molar-refractivity contribution in [2.24, 2.45) is 0 Å². The second kappa shape index (κ2) is 9.52. The van der Waals surface area contributed by atoms with Crippen LogP contribution in [0.15, 0.2) is 0 Å². The van der Waals surface area contributed by atoms with E-state index in [4.69, 9.17) is 21.1 Å². The summed E-state index contributed by atoms with van der Waals surface area (Å²) in [6, 6.07) is 0. The maximum absolute atomic E-state index is 12.1. The zero-order valence-electron chi connectivity index (χ0n) is 13.4. The molecule has 1 N–H and O–H groups in total. The standard InChI is InChI=1S/C15H20ClNO5S/c1-4-21-14(19)11-9(3)12(15(20)22-5-2)23-13(11)17-10(18)7-6-8-16/h4-8H2,1-3H3,(H,17,18). The molecule has 0 spiro atoms. The van der Waals surface area contributed by atoms with Crippen LogP contribution < -0.4 is 5.32 Å². The van der Waals surface area contributed by atoms with Gasteiger partial charge in [-0.2, -0.15) is 0 Å². The highest BCUT2D eigenvalue weighted by atomic mass is 35.5. The van der Waals surface area contributed by atoms with Crippen molar-refractivity contribution in [2.75, 3.05) is 24.4 Å². The van der Waals surface area contributed by atoms with Crippen LogP contribution in [0, 0.1) is 6.92 Å². The summed E-state index contributed by atoms with van der Waals surface area (Å²) in [6.07, 6.45) is 0.759. The number of esters is 2. The number of hydrogen-bond donors (Lipinski definition) is 1. The third-order valence-corrected chi connectivity index (χ3v) is 4.33. The molecule has 1 rings (SSSR count). The number of halogens is 1. The molecule has 6 nitrogen and oxygen atoms in total. The second-order valence-corrected chi connectivity index (χ2v) is 5.94. The molecule has 0 atom stereocenters. The molecule has 0 unspecified atom stereocenters. The first-order valence-corrected chi connectivity index (χ1v) is 8.64. The Morgan fingerprint density at radius 2 is 1.74 bits per heavy atom. The lowest BCUT2D eigenvalue weighted by Gasteiger charge is -2.06. The van der Waals surface area contributed by atoms with Gasteiger partial charge in [0.1, 0.15) is 9.88 Å². The largest absolute Gasteiger partial charge is 0.462 e. The van der Waals surface area contributed by atoms with Crippen LogP contribution in [0.1, 0.15) is 52.3 Å². The highest BCUT2D eigenvalue weighted by molar-refractivity contribution is 7.18. The topological polar surface area (TPSA) is 81.7 Å². The molecule has 0 aromatic carbocycles. The Morgan fingerprint density at radius 3 is 2.30 bits per heavy atom. The van der Waals surface area contributed by atoms with E-state index in [9.17, 15) is 14.4 Å². The molecule has 0 saturated carbocycles. The maximum atomic E-state index is 12.1. The third-order valence-electron chi connectivity index (χ3n) is 2.88. The second-order valence-electron chi connectivity index (χ2n) is 4.54. The van der Waals surface area contributed by atoms with Gasteiger partial charge in [0.05, 0.1) is 18.8 Å². The fraction of sp³-hybridized carbons (Fsp3) is 0.533. The van der Waals surface area contributed by atoms with Gasteiger partial charge in [-0.3, -0.25) is 4.79 Å².